The molecule has 2 aromatic carbocycles. The lowest BCUT2D eigenvalue weighted by Gasteiger charge is -2.23. The number of carbonyl (C=O) groups excluding carboxylic acids is 6. The summed E-state index contributed by atoms with van der Waals surface area (Å²) < 4.78 is 15.6. The van der Waals surface area contributed by atoms with Gasteiger partial charge in [-0.25, -0.2) is 14.4 Å². The number of carbonyl (C=O) groups is 6. The summed E-state index contributed by atoms with van der Waals surface area (Å²) in [4.78, 5) is 75.1. The molecule has 0 bridgehead atoms. The van der Waals surface area contributed by atoms with Gasteiger partial charge < -0.3 is 40.8 Å². The van der Waals surface area contributed by atoms with Crippen LogP contribution in [0.5, 0.6) is 0 Å². The van der Waals surface area contributed by atoms with Gasteiger partial charge >= 0.3 is 18.2 Å². The summed E-state index contributed by atoms with van der Waals surface area (Å²) in [5, 5.41) is 12.9. The van der Waals surface area contributed by atoms with E-state index < -0.39 is 53.7 Å². The topological polar surface area (TPSA) is 190 Å². The van der Waals surface area contributed by atoms with Crippen molar-refractivity contribution < 1.29 is 43.0 Å². The molecule has 0 saturated heterocycles. The van der Waals surface area contributed by atoms with E-state index in [2.05, 4.69) is 26.6 Å². The number of methoxy groups -OCH3 is 1. The average Bonchev–Trinajstić information content (AvgIpc) is 3.38. The second-order valence-electron chi connectivity index (χ2n) is 12.7. The highest BCUT2D eigenvalue weighted by Crippen LogP contribution is 2.44. The largest absolute Gasteiger partial charge is 0.467 e. The van der Waals surface area contributed by atoms with Gasteiger partial charge in [-0.1, -0.05) is 48.5 Å². The molecule has 3 rings (SSSR count). The van der Waals surface area contributed by atoms with Crippen molar-refractivity contribution in [2.75, 3.05) is 31.9 Å². The molecular formula is C35H47N5O9S. The first-order valence-corrected chi connectivity index (χ1v) is 17.4. The van der Waals surface area contributed by atoms with Crippen LogP contribution >= 0.6 is 11.8 Å². The van der Waals surface area contributed by atoms with Gasteiger partial charge in [0.1, 0.15) is 30.3 Å². The predicted molar refractivity (Wildman–Crippen MR) is 188 cm³/mol. The van der Waals surface area contributed by atoms with Crippen LogP contribution in [0, 0.1) is 0 Å². The second kappa shape index (κ2) is 18.8. The third-order valence-electron chi connectivity index (χ3n) is 7.55. The van der Waals surface area contributed by atoms with Crippen molar-refractivity contribution in [2.45, 2.75) is 77.1 Å². The molecule has 0 heterocycles. The minimum atomic E-state index is -1.13. The molecule has 0 aliphatic heterocycles. The highest BCUT2D eigenvalue weighted by Gasteiger charge is 2.31. The molecule has 0 spiro atoms. The number of hydrogen-bond acceptors (Lipinski definition) is 10. The summed E-state index contributed by atoms with van der Waals surface area (Å²) in [5.41, 5.74) is 3.55. The Bertz CT molecular complexity index is 1480. The Hall–Kier alpha value is -4.79. The normalized spacial score (nSPS) is 13.7. The number of esters is 1. The number of benzene rings is 2. The third-order valence-corrected chi connectivity index (χ3v) is 8.47. The SMILES string of the molecule is COC(=O)[C@@H](CCCNC(=O)OC(C)(C)C)NC(=O)[C@@H](C)NC(=O)[C@@H](CSCNC(C)=O)NC(=O)OCC1c2ccccc2-c2ccccc21. The lowest BCUT2D eigenvalue weighted by molar-refractivity contribution is -0.145. The van der Waals surface area contributed by atoms with Gasteiger partial charge in [0.25, 0.3) is 0 Å². The maximum atomic E-state index is 13.4. The zero-order valence-corrected chi connectivity index (χ0v) is 30.1. The summed E-state index contributed by atoms with van der Waals surface area (Å²) in [6.07, 6.45) is -0.975. The highest BCUT2D eigenvalue weighted by molar-refractivity contribution is 7.99. The Morgan fingerprint density at radius 1 is 0.820 bits per heavy atom. The van der Waals surface area contributed by atoms with Gasteiger partial charge in [-0.15, -0.1) is 11.8 Å². The molecular weight excluding hydrogens is 666 g/mol. The molecule has 0 unspecified atom stereocenters. The maximum Gasteiger partial charge on any atom is 0.407 e. The number of alkyl carbamates (subject to hydrolysis) is 2. The number of nitrogens with one attached hydrogen (secondary N) is 5. The molecule has 0 aromatic heterocycles. The van der Waals surface area contributed by atoms with Crippen molar-refractivity contribution in [1.29, 1.82) is 0 Å². The quantitative estimate of drug-likeness (QED) is 0.0748. The lowest BCUT2D eigenvalue weighted by atomic mass is 9.98. The fourth-order valence-corrected chi connectivity index (χ4v) is 6.07. The molecule has 2 aromatic rings. The van der Waals surface area contributed by atoms with E-state index in [1.54, 1.807) is 20.8 Å². The summed E-state index contributed by atoms with van der Waals surface area (Å²) in [7, 11) is 1.18. The van der Waals surface area contributed by atoms with Crippen LogP contribution in [0.3, 0.4) is 0 Å². The van der Waals surface area contributed by atoms with Crippen LogP contribution in [0.15, 0.2) is 48.5 Å². The van der Waals surface area contributed by atoms with Crippen LogP contribution < -0.4 is 26.6 Å². The Kier molecular flexibility index (Phi) is 14.9. The molecule has 0 fully saturated rings. The number of rotatable bonds is 16. The van der Waals surface area contributed by atoms with Crippen molar-refractivity contribution >= 4 is 47.6 Å². The molecule has 0 radical (unpaired) electrons. The predicted octanol–water partition coefficient (Wildman–Crippen LogP) is 3.19. The Labute approximate surface area is 296 Å². The third kappa shape index (κ3) is 12.3. The lowest BCUT2D eigenvalue weighted by Crippen LogP contribution is -2.55. The number of ether oxygens (including phenoxy) is 3. The van der Waals surface area contributed by atoms with Gasteiger partial charge in [-0.2, -0.15) is 0 Å². The molecule has 0 saturated carbocycles. The van der Waals surface area contributed by atoms with E-state index >= 15 is 0 Å². The Morgan fingerprint density at radius 2 is 1.44 bits per heavy atom. The number of amides is 5. The van der Waals surface area contributed by atoms with Gasteiger partial charge in [0.15, 0.2) is 0 Å². The molecule has 1 aliphatic rings. The summed E-state index contributed by atoms with van der Waals surface area (Å²) in [5.74, 6) is -2.24. The first-order chi connectivity index (χ1) is 23.7. The summed E-state index contributed by atoms with van der Waals surface area (Å²) in [6.45, 7) is 8.22. The van der Waals surface area contributed by atoms with Crippen LogP contribution in [0.2, 0.25) is 0 Å². The Morgan fingerprint density at radius 3 is 2.02 bits per heavy atom. The van der Waals surface area contributed by atoms with Crippen molar-refractivity contribution in [2.24, 2.45) is 0 Å². The molecule has 5 N–H and O–H groups in total. The molecule has 5 amide bonds. The zero-order chi connectivity index (χ0) is 36.8. The molecule has 50 heavy (non-hydrogen) atoms. The van der Waals surface area contributed by atoms with E-state index in [-0.39, 0.29) is 43.0 Å². The van der Waals surface area contributed by atoms with Crippen LogP contribution in [-0.4, -0.2) is 91.5 Å². The zero-order valence-electron chi connectivity index (χ0n) is 29.3. The van der Waals surface area contributed by atoms with E-state index in [0.717, 1.165) is 22.3 Å². The van der Waals surface area contributed by atoms with Crippen molar-refractivity contribution in [3.05, 3.63) is 59.7 Å². The van der Waals surface area contributed by atoms with Gasteiger partial charge in [0, 0.05) is 25.1 Å². The van der Waals surface area contributed by atoms with E-state index in [1.807, 2.05) is 48.5 Å². The fourth-order valence-electron chi connectivity index (χ4n) is 5.17. The first-order valence-electron chi connectivity index (χ1n) is 16.3. The second-order valence-corrected chi connectivity index (χ2v) is 13.7. The minimum Gasteiger partial charge on any atom is -0.467 e. The molecule has 1 aliphatic carbocycles. The van der Waals surface area contributed by atoms with Gasteiger partial charge in [0.2, 0.25) is 17.7 Å². The van der Waals surface area contributed by atoms with Crippen LogP contribution in [0.4, 0.5) is 9.59 Å². The standard InChI is InChI=1S/C35H47N5O9S/c1-21(30(42)39-28(32(44)47-6)16-11-17-36-33(45)49-35(3,4)5)38-31(43)29(19-50-20-37-22(2)41)40-34(46)48-18-27-25-14-9-7-12-23(25)24-13-8-10-15-26(24)27/h7-10,12-15,21,27-29H,11,16-20H2,1-6H3,(H,36,45)(H,37,41)(H,38,43)(H,39,42)(H,40,46)/t21-,28-,29-/m1/s1. The van der Waals surface area contributed by atoms with E-state index in [4.69, 9.17) is 14.2 Å². The molecule has 14 nitrogen and oxygen atoms in total. The number of hydrogen-bond donors (Lipinski definition) is 5. The van der Waals surface area contributed by atoms with E-state index in [0.29, 0.717) is 6.42 Å². The molecule has 3 atom stereocenters. The maximum absolute atomic E-state index is 13.4. The summed E-state index contributed by atoms with van der Waals surface area (Å²) >= 11 is 1.19. The van der Waals surface area contributed by atoms with Crippen LogP contribution in [0.1, 0.15) is 64.5 Å². The van der Waals surface area contributed by atoms with Crippen molar-refractivity contribution in [3.63, 3.8) is 0 Å². The smallest absolute Gasteiger partial charge is 0.407 e. The van der Waals surface area contributed by atoms with Crippen LogP contribution in [0.25, 0.3) is 11.1 Å². The average molecular weight is 714 g/mol. The number of fused-ring (bicyclic) bond motifs is 3. The van der Waals surface area contributed by atoms with Gasteiger partial charge in [-0.05, 0) is 62.8 Å². The summed E-state index contributed by atoms with van der Waals surface area (Å²) in [6, 6.07) is 12.5. The fraction of sp³-hybridized carbons (Fsp3) is 0.486. The minimum absolute atomic E-state index is 0.0360. The van der Waals surface area contributed by atoms with Gasteiger partial charge in [-0.3, -0.25) is 14.4 Å². The molecule has 15 heteroatoms. The Balaban J connectivity index is 1.58. The highest BCUT2D eigenvalue weighted by atomic mass is 32.2. The van der Waals surface area contributed by atoms with E-state index in [9.17, 15) is 28.8 Å². The molecule has 272 valence electrons. The van der Waals surface area contributed by atoms with Gasteiger partial charge in [0.05, 0.1) is 13.0 Å². The first kappa shape index (κ1) is 39.6. The monoisotopic (exact) mass is 713 g/mol. The van der Waals surface area contributed by atoms with Crippen molar-refractivity contribution in [1.82, 2.24) is 26.6 Å². The van der Waals surface area contributed by atoms with Crippen LogP contribution in [-0.2, 0) is 33.4 Å². The number of thioether (sulfide) groups is 1. The van der Waals surface area contributed by atoms with Crippen molar-refractivity contribution in [3.8, 4) is 11.1 Å². The van der Waals surface area contributed by atoms with E-state index in [1.165, 1.54) is 32.7 Å².